The van der Waals surface area contributed by atoms with Crippen LogP contribution in [0.2, 0.25) is 0 Å². The molecule has 1 aliphatic rings. The van der Waals surface area contributed by atoms with Gasteiger partial charge in [0.25, 0.3) is 0 Å². The van der Waals surface area contributed by atoms with Crippen molar-refractivity contribution in [3.8, 4) is 0 Å². The number of ether oxygens (including phenoxy) is 1. The highest BCUT2D eigenvalue weighted by atomic mass is 16.5. The van der Waals surface area contributed by atoms with Crippen LogP contribution in [0.15, 0.2) is 0 Å². The molecule has 0 amide bonds. The van der Waals surface area contributed by atoms with Crippen molar-refractivity contribution in [2.24, 2.45) is 0 Å². The van der Waals surface area contributed by atoms with Gasteiger partial charge in [-0.1, -0.05) is 6.92 Å². The highest BCUT2D eigenvalue weighted by Crippen LogP contribution is 2.20. The number of aliphatic hydroxyl groups is 1. The first-order valence-electron chi connectivity index (χ1n) is 5.70. The summed E-state index contributed by atoms with van der Waals surface area (Å²) in [7, 11) is 1.79. The molecule has 0 radical (unpaired) electrons. The van der Waals surface area contributed by atoms with Gasteiger partial charge in [0, 0.05) is 19.7 Å². The van der Waals surface area contributed by atoms with Crippen LogP contribution in [0.4, 0.5) is 0 Å². The molecule has 3 heteroatoms. The number of aliphatic hydroxyl groups excluding tert-OH is 1. The summed E-state index contributed by atoms with van der Waals surface area (Å²) in [5, 5.41) is 12.8. The summed E-state index contributed by atoms with van der Waals surface area (Å²) in [6.07, 6.45) is 5.78. The summed E-state index contributed by atoms with van der Waals surface area (Å²) in [6.45, 7) is 2.72. The van der Waals surface area contributed by atoms with Crippen molar-refractivity contribution < 1.29 is 9.84 Å². The molecule has 14 heavy (non-hydrogen) atoms. The second kappa shape index (κ2) is 6.38. The summed E-state index contributed by atoms with van der Waals surface area (Å²) in [6, 6.07) is 0.537. The predicted molar refractivity (Wildman–Crippen MR) is 57.4 cm³/mol. The van der Waals surface area contributed by atoms with Crippen molar-refractivity contribution >= 4 is 0 Å². The molecule has 0 spiro atoms. The lowest BCUT2D eigenvalue weighted by Crippen LogP contribution is -2.40. The Morgan fingerprint density at radius 2 is 2.29 bits per heavy atom. The summed E-state index contributed by atoms with van der Waals surface area (Å²) in [5.41, 5.74) is 0. The van der Waals surface area contributed by atoms with Crippen molar-refractivity contribution in [2.45, 2.75) is 57.3 Å². The van der Waals surface area contributed by atoms with Crippen LogP contribution in [0.3, 0.4) is 0 Å². The monoisotopic (exact) mass is 201 g/mol. The molecule has 0 aromatic heterocycles. The lowest BCUT2D eigenvalue weighted by Gasteiger charge is -2.29. The van der Waals surface area contributed by atoms with E-state index in [-0.39, 0.29) is 6.10 Å². The van der Waals surface area contributed by atoms with Crippen molar-refractivity contribution in [1.29, 1.82) is 0 Å². The first-order valence-corrected chi connectivity index (χ1v) is 5.70. The van der Waals surface area contributed by atoms with E-state index in [4.69, 9.17) is 4.74 Å². The molecule has 3 nitrogen and oxygen atoms in total. The van der Waals surface area contributed by atoms with E-state index >= 15 is 0 Å². The average molecular weight is 201 g/mol. The van der Waals surface area contributed by atoms with Gasteiger partial charge in [0.15, 0.2) is 0 Å². The smallest absolute Gasteiger partial charge is 0.0662 e. The van der Waals surface area contributed by atoms with Gasteiger partial charge in [0.05, 0.1) is 12.2 Å². The van der Waals surface area contributed by atoms with Gasteiger partial charge in [-0.05, 0) is 32.1 Å². The highest BCUT2D eigenvalue weighted by Gasteiger charge is 2.21. The molecule has 0 aromatic carbocycles. The van der Waals surface area contributed by atoms with Gasteiger partial charge in [0.2, 0.25) is 0 Å². The van der Waals surface area contributed by atoms with E-state index in [2.05, 4.69) is 5.32 Å². The van der Waals surface area contributed by atoms with E-state index in [0.29, 0.717) is 12.1 Å². The predicted octanol–water partition coefficient (Wildman–Crippen LogP) is 1.30. The Morgan fingerprint density at radius 1 is 1.50 bits per heavy atom. The number of hydrogen-bond acceptors (Lipinski definition) is 3. The number of nitrogens with one attached hydrogen (secondary N) is 1. The minimum Gasteiger partial charge on any atom is -0.392 e. The van der Waals surface area contributed by atoms with Gasteiger partial charge in [-0.3, -0.25) is 0 Å². The maximum absolute atomic E-state index is 9.42. The summed E-state index contributed by atoms with van der Waals surface area (Å²) >= 11 is 0. The average Bonchev–Trinajstić information content (AvgIpc) is 2.26. The normalized spacial score (nSPS) is 30.2. The van der Waals surface area contributed by atoms with Gasteiger partial charge in [-0.2, -0.15) is 0 Å². The van der Waals surface area contributed by atoms with Crippen LogP contribution in [0.1, 0.15) is 39.0 Å². The van der Waals surface area contributed by atoms with Crippen LogP contribution in [-0.4, -0.2) is 37.0 Å². The van der Waals surface area contributed by atoms with Gasteiger partial charge in [-0.25, -0.2) is 0 Å². The second-order valence-corrected chi connectivity index (χ2v) is 4.19. The van der Waals surface area contributed by atoms with Gasteiger partial charge in [-0.15, -0.1) is 0 Å². The molecule has 3 unspecified atom stereocenters. The quantitative estimate of drug-likeness (QED) is 0.704. The van der Waals surface area contributed by atoms with E-state index < -0.39 is 0 Å². The third-order valence-corrected chi connectivity index (χ3v) is 3.07. The zero-order valence-corrected chi connectivity index (χ0v) is 9.33. The fourth-order valence-electron chi connectivity index (χ4n) is 1.99. The minimum atomic E-state index is -0.196. The molecule has 84 valence electrons. The molecule has 1 fully saturated rings. The third-order valence-electron chi connectivity index (χ3n) is 3.07. The number of hydrogen-bond donors (Lipinski definition) is 2. The van der Waals surface area contributed by atoms with E-state index in [1.165, 1.54) is 19.3 Å². The van der Waals surface area contributed by atoms with Gasteiger partial charge < -0.3 is 15.2 Å². The lowest BCUT2D eigenvalue weighted by atomic mass is 9.93. The molecular weight excluding hydrogens is 178 g/mol. The second-order valence-electron chi connectivity index (χ2n) is 4.19. The maximum atomic E-state index is 9.42. The zero-order valence-electron chi connectivity index (χ0n) is 9.33. The number of rotatable bonds is 5. The molecule has 0 aromatic rings. The van der Waals surface area contributed by atoms with E-state index in [0.717, 1.165) is 19.4 Å². The Hall–Kier alpha value is -0.120. The Labute approximate surface area is 86.8 Å². The molecule has 0 heterocycles. The van der Waals surface area contributed by atoms with Crippen LogP contribution in [-0.2, 0) is 4.74 Å². The van der Waals surface area contributed by atoms with E-state index in [9.17, 15) is 5.11 Å². The molecule has 3 atom stereocenters. The van der Waals surface area contributed by atoms with Crippen LogP contribution in [0, 0.1) is 0 Å². The Kier molecular flexibility index (Phi) is 5.45. The molecule has 0 saturated heterocycles. The summed E-state index contributed by atoms with van der Waals surface area (Å²) in [4.78, 5) is 0. The van der Waals surface area contributed by atoms with Crippen LogP contribution < -0.4 is 5.32 Å². The fraction of sp³-hybridized carbons (Fsp3) is 1.00. The molecule has 2 N–H and O–H groups in total. The largest absolute Gasteiger partial charge is 0.392 e. The van der Waals surface area contributed by atoms with Gasteiger partial charge in [0.1, 0.15) is 0 Å². The van der Waals surface area contributed by atoms with Crippen molar-refractivity contribution in [1.82, 2.24) is 5.32 Å². The lowest BCUT2D eigenvalue weighted by molar-refractivity contribution is 0.0557. The number of methoxy groups -OCH3 is 1. The topological polar surface area (TPSA) is 41.5 Å². The van der Waals surface area contributed by atoms with E-state index in [1.54, 1.807) is 7.11 Å². The molecule has 1 rings (SSSR count). The third kappa shape index (κ3) is 3.95. The molecule has 0 bridgehead atoms. The Morgan fingerprint density at radius 3 is 2.93 bits per heavy atom. The maximum Gasteiger partial charge on any atom is 0.0662 e. The first kappa shape index (κ1) is 12.0. The van der Waals surface area contributed by atoms with Crippen molar-refractivity contribution in [2.75, 3.05) is 13.7 Å². The molecule has 0 aliphatic heterocycles. The first-order chi connectivity index (χ1) is 6.76. The SMILES string of the molecule is CCC(O)CNC1CCCC(OC)C1. The van der Waals surface area contributed by atoms with Crippen molar-refractivity contribution in [3.05, 3.63) is 0 Å². The molecule has 1 aliphatic carbocycles. The fourth-order valence-corrected chi connectivity index (χ4v) is 1.99. The summed E-state index contributed by atoms with van der Waals surface area (Å²) < 4.78 is 5.35. The zero-order chi connectivity index (χ0) is 10.4. The standard InChI is InChI=1S/C11H23NO2/c1-3-10(13)8-12-9-5-4-6-11(7-9)14-2/h9-13H,3-8H2,1-2H3. The molecule has 1 saturated carbocycles. The minimum absolute atomic E-state index is 0.196. The Balaban J connectivity index is 2.17. The van der Waals surface area contributed by atoms with Crippen LogP contribution in [0.5, 0.6) is 0 Å². The van der Waals surface area contributed by atoms with Crippen molar-refractivity contribution in [3.63, 3.8) is 0 Å². The van der Waals surface area contributed by atoms with Crippen LogP contribution >= 0.6 is 0 Å². The Bertz CT molecular complexity index is 152. The van der Waals surface area contributed by atoms with E-state index in [1.807, 2.05) is 6.92 Å². The van der Waals surface area contributed by atoms with Crippen LogP contribution in [0.25, 0.3) is 0 Å². The highest BCUT2D eigenvalue weighted by molar-refractivity contribution is 4.78. The molecular formula is C11H23NO2. The van der Waals surface area contributed by atoms with Gasteiger partial charge >= 0.3 is 0 Å². The summed E-state index contributed by atoms with van der Waals surface area (Å²) in [5.74, 6) is 0.